The number of nitrogens with zero attached hydrogens (tertiary/aromatic N) is 4. The largest absolute Gasteiger partial charge is 0.465 e. The van der Waals surface area contributed by atoms with Gasteiger partial charge >= 0.3 is 0 Å². The Morgan fingerprint density at radius 1 is 1.22 bits per heavy atom. The van der Waals surface area contributed by atoms with Crippen LogP contribution in [-0.2, 0) is 19.5 Å². The van der Waals surface area contributed by atoms with Gasteiger partial charge in [0.1, 0.15) is 23.0 Å². The van der Waals surface area contributed by atoms with Crippen molar-refractivity contribution in [3.8, 4) is 11.4 Å². The Bertz CT molecular complexity index is 1200. The van der Waals surface area contributed by atoms with Crippen LogP contribution in [0.15, 0.2) is 38.0 Å². The zero-order valence-corrected chi connectivity index (χ0v) is 15.2. The number of H-pyrrole nitrogens is 1. The minimum atomic E-state index is -0.0678. The molecule has 1 N–H and O–H groups in total. The maximum atomic E-state index is 13.0. The molecular weight excluding hydrogens is 346 g/mol. The summed E-state index contributed by atoms with van der Waals surface area (Å²) in [6.07, 6.45) is 0.740. The van der Waals surface area contributed by atoms with Crippen molar-refractivity contribution >= 4 is 5.65 Å². The summed E-state index contributed by atoms with van der Waals surface area (Å²) in [5, 5.41) is 7.09. The van der Waals surface area contributed by atoms with Crippen molar-refractivity contribution < 1.29 is 8.94 Å². The van der Waals surface area contributed by atoms with E-state index in [4.69, 9.17) is 13.9 Å². The van der Waals surface area contributed by atoms with Gasteiger partial charge in [-0.15, -0.1) is 0 Å². The van der Waals surface area contributed by atoms with Gasteiger partial charge in [-0.1, -0.05) is 5.16 Å². The van der Waals surface area contributed by atoms with Crippen LogP contribution in [0.1, 0.15) is 28.5 Å². The van der Waals surface area contributed by atoms with E-state index in [0.717, 1.165) is 35.7 Å². The molecule has 4 aromatic rings. The van der Waals surface area contributed by atoms with Crippen LogP contribution in [0.3, 0.4) is 0 Å². The number of nitrogens with one attached hydrogen (secondary N) is 1. The number of aromatic amines is 1. The molecule has 8 nitrogen and oxygen atoms in total. The van der Waals surface area contributed by atoms with Crippen LogP contribution in [0, 0.1) is 13.8 Å². The third-order valence-electron chi connectivity index (χ3n) is 4.92. The SMILES string of the molecule is Cc1cc(-c2cc3nc4c(c(=O)n3[nH]2)CN(Cc2ccc(C)o2)CC4)no1. The number of fused-ring (bicyclic) bond motifs is 2. The maximum Gasteiger partial charge on any atom is 0.277 e. The summed E-state index contributed by atoms with van der Waals surface area (Å²) in [4.78, 5) is 19.9. The molecule has 138 valence electrons. The lowest BCUT2D eigenvalue weighted by Gasteiger charge is -2.26. The Balaban J connectivity index is 1.50. The molecule has 5 heterocycles. The molecular formula is C19H19N5O3. The fraction of sp³-hybridized carbons (Fsp3) is 0.316. The first kappa shape index (κ1) is 16.1. The topological polar surface area (TPSA) is 92.6 Å². The number of aryl methyl sites for hydroxylation is 2. The van der Waals surface area contributed by atoms with Crippen molar-refractivity contribution in [3.05, 3.63) is 63.2 Å². The average Bonchev–Trinajstić information content (AvgIpc) is 3.36. The summed E-state index contributed by atoms with van der Waals surface area (Å²) in [5.74, 6) is 2.52. The van der Waals surface area contributed by atoms with E-state index in [1.54, 1.807) is 0 Å². The molecule has 0 radical (unpaired) electrons. The summed E-state index contributed by atoms with van der Waals surface area (Å²) in [6.45, 7) is 5.85. The van der Waals surface area contributed by atoms with Crippen LogP contribution >= 0.6 is 0 Å². The minimum Gasteiger partial charge on any atom is -0.465 e. The molecule has 0 aliphatic carbocycles. The van der Waals surface area contributed by atoms with Gasteiger partial charge < -0.3 is 8.94 Å². The van der Waals surface area contributed by atoms with E-state index in [9.17, 15) is 4.79 Å². The van der Waals surface area contributed by atoms with Crippen LogP contribution in [0.25, 0.3) is 17.0 Å². The molecule has 0 fully saturated rings. The van der Waals surface area contributed by atoms with Crippen LogP contribution < -0.4 is 5.56 Å². The molecule has 1 aliphatic rings. The number of aromatic nitrogens is 4. The predicted octanol–water partition coefficient (Wildman–Crippen LogP) is 2.45. The molecule has 0 spiro atoms. The normalized spacial score (nSPS) is 14.7. The number of hydrogen-bond acceptors (Lipinski definition) is 6. The first-order valence-electron chi connectivity index (χ1n) is 8.92. The van der Waals surface area contributed by atoms with E-state index >= 15 is 0 Å². The molecule has 4 aromatic heterocycles. The van der Waals surface area contributed by atoms with E-state index in [1.165, 1.54) is 4.52 Å². The Morgan fingerprint density at radius 3 is 2.85 bits per heavy atom. The highest BCUT2D eigenvalue weighted by Crippen LogP contribution is 2.21. The fourth-order valence-electron chi connectivity index (χ4n) is 3.59. The van der Waals surface area contributed by atoms with Gasteiger partial charge in [0, 0.05) is 31.6 Å². The molecule has 0 aromatic carbocycles. The Morgan fingerprint density at radius 2 is 2.11 bits per heavy atom. The van der Waals surface area contributed by atoms with E-state index in [0.29, 0.717) is 35.9 Å². The maximum absolute atomic E-state index is 13.0. The van der Waals surface area contributed by atoms with Gasteiger partial charge in [0.25, 0.3) is 5.56 Å². The second-order valence-corrected chi connectivity index (χ2v) is 7.00. The summed E-state index contributed by atoms with van der Waals surface area (Å²) in [5.41, 5.74) is 3.50. The molecule has 0 unspecified atom stereocenters. The summed E-state index contributed by atoms with van der Waals surface area (Å²) in [6, 6.07) is 7.59. The van der Waals surface area contributed by atoms with Crippen LogP contribution in [0.5, 0.6) is 0 Å². The third kappa shape index (κ3) is 2.78. The third-order valence-corrected chi connectivity index (χ3v) is 4.92. The van der Waals surface area contributed by atoms with Crippen molar-refractivity contribution in [1.29, 1.82) is 0 Å². The van der Waals surface area contributed by atoms with E-state index in [2.05, 4.69) is 15.2 Å². The standard InChI is InChI=1S/C19H19N5O3/c1-11-3-4-13(26-11)9-23-6-5-15-14(10-23)19(25)24-18(20-15)8-16(21-24)17-7-12(2)27-22-17/h3-4,7-8,21H,5-6,9-10H2,1-2H3. The van der Waals surface area contributed by atoms with Crippen molar-refractivity contribution in [1.82, 2.24) is 24.7 Å². The van der Waals surface area contributed by atoms with E-state index in [-0.39, 0.29) is 5.56 Å². The minimum absolute atomic E-state index is 0.0678. The Kier molecular flexibility index (Phi) is 3.54. The average molecular weight is 365 g/mol. The highest BCUT2D eigenvalue weighted by Gasteiger charge is 2.23. The first-order chi connectivity index (χ1) is 13.1. The molecule has 0 atom stereocenters. The lowest BCUT2D eigenvalue weighted by atomic mass is 10.1. The lowest BCUT2D eigenvalue weighted by molar-refractivity contribution is 0.221. The monoisotopic (exact) mass is 365 g/mol. The second-order valence-electron chi connectivity index (χ2n) is 7.00. The lowest BCUT2D eigenvalue weighted by Crippen LogP contribution is -2.36. The highest BCUT2D eigenvalue weighted by molar-refractivity contribution is 5.60. The fourth-order valence-corrected chi connectivity index (χ4v) is 3.59. The van der Waals surface area contributed by atoms with Gasteiger partial charge in [0.05, 0.1) is 23.5 Å². The number of furan rings is 1. The van der Waals surface area contributed by atoms with E-state index in [1.807, 2.05) is 38.1 Å². The van der Waals surface area contributed by atoms with E-state index < -0.39 is 0 Å². The van der Waals surface area contributed by atoms with Crippen LogP contribution in [-0.4, -0.2) is 31.2 Å². The quantitative estimate of drug-likeness (QED) is 0.599. The number of rotatable bonds is 3. The van der Waals surface area contributed by atoms with Gasteiger partial charge in [0.15, 0.2) is 5.65 Å². The zero-order chi connectivity index (χ0) is 18.5. The number of hydrogen-bond donors (Lipinski definition) is 1. The first-order valence-corrected chi connectivity index (χ1v) is 8.92. The predicted molar refractivity (Wildman–Crippen MR) is 97.3 cm³/mol. The highest BCUT2D eigenvalue weighted by atomic mass is 16.5. The Labute approximate surface area is 154 Å². The van der Waals surface area contributed by atoms with Crippen molar-refractivity contribution in [2.75, 3.05) is 6.54 Å². The molecule has 0 saturated carbocycles. The molecule has 1 aliphatic heterocycles. The summed E-state index contributed by atoms with van der Waals surface area (Å²) in [7, 11) is 0. The molecule has 0 saturated heterocycles. The van der Waals surface area contributed by atoms with Gasteiger partial charge in [-0.05, 0) is 26.0 Å². The Hall–Kier alpha value is -3.13. The van der Waals surface area contributed by atoms with Gasteiger partial charge in [-0.25, -0.2) is 9.50 Å². The smallest absolute Gasteiger partial charge is 0.277 e. The summed E-state index contributed by atoms with van der Waals surface area (Å²) < 4.78 is 12.3. The molecule has 8 heteroatoms. The molecule has 5 rings (SSSR count). The molecule has 27 heavy (non-hydrogen) atoms. The van der Waals surface area contributed by atoms with Crippen molar-refractivity contribution in [3.63, 3.8) is 0 Å². The molecule has 0 amide bonds. The van der Waals surface area contributed by atoms with Crippen molar-refractivity contribution in [2.24, 2.45) is 0 Å². The summed E-state index contributed by atoms with van der Waals surface area (Å²) >= 11 is 0. The van der Waals surface area contributed by atoms with Gasteiger partial charge in [0.2, 0.25) is 0 Å². The zero-order valence-electron chi connectivity index (χ0n) is 15.2. The van der Waals surface area contributed by atoms with Crippen LogP contribution in [0.4, 0.5) is 0 Å². The van der Waals surface area contributed by atoms with Gasteiger partial charge in [-0.2, -0.15) is 0 Å². The molecule has 0 bridgehead atoms. The second kappa shape index (κ2) is 5.95. The van der Waals surface area contributed by atoms with Crippen molar-refractivity contribution in [2.45, 2.75) is 33.4 Å². The van der Waals surface area contributed by atoms with Gasteiger partial charge in [-0.3, -0.25) is 14.8 Å². The van der Waals surface area contributed by atoms with Crippen LogP contribution in [0.2, 0.25) is 0 Å².